The maximum atomic E-state index is 6.73. The first-order valence-electron chi connectivity index (χ1n) is 22.7. The zero-order chi connectivity index (χ0) is 44.7. The molecule has 0 spiro atoms. The summed E-state index contributed by atoms with van der Waals surface area (Å²) in [5.74, 6) is 2.04. The van der Waals surface area contributed by atoms with E-state index in [1.807, 2.05) is 24.4 Å². The molecule has 0 N–H and O–H groups in total. The van der Waals surface area contributed by atoms with Gasteiger partial charge in [0.1, 0.15) is 5.82 Å². The summed E-state index contributed by atoms with van der Waals surface area (Å²) in [4.78, 5) is 9.53. The molecule has 0 saturated heterocycles. The number of aromatic nitrogens is 2. The van der Waals surface area contributed by atoms with E-state index in [0.717, 1.165) is 61.5 Å². The molecule has 8 aromatic carbocycles. The van der Waals surface area contributed by atoms with Crippen LogP contribution < -0.4 is 14.5 Å². The Labute approximate surface area is 407 Å². The second-order valence-corrected chi connectivity index (χ2v) is 18.9. The van der Waals surface area contributed by atoms with Gasteiger partial charge in [-0.1, -0.05) is 161 Å². The summed E-state index contributed by atoms with van der Waals surface area (Å²) in [6.07, 6.45) is 1.90. The van der Waals surface area contributed by atoms with Crippen LogP contribution in [-0.2, 0) is 31.9 Å². The third-order valence-electron chi connectivity index (χ3n) is 13.5. The molecule has 0 amide bonds. The monoisotopic (exact) mass is 1050 g/mol. The van der Waals surface area contributed by atoms with Crippen molar-refractivity contribution < 1.29 is 25.8 Å². The molecule has 1 aliphatic heterocycles. The Kier molecular flexibility index (Phi) is 10.3. The largest absolute Gasteiger partial charge is 0.509 e. The molecule has 0 bridgehead atoms. The van der Waals surface area contributed by atoms with Gasteiger partial charge >= 0.3 is 0 Å². The van der Waals surface area contributed by atoms with Gasteiger partial charge in [0.15, 0.2) is 0 Å². The second kappa shape index (κ2) is 16.3. The molecule has 12 rings (SSSR count). The van der Waals surface area contributed by atoms with Crippen LogP contribution in [0.4, 0.5) is 22.7 Å². The topological polar surface area (TPSA) is 33.5 Å². The molecule has 3 heterocycles. The van der Waals surface area contributed by atoms with Crippen molar-refractivity contribution in [3.05, 3.63) is 224 Å². The summed E-state index contributed by atoms with van der Waals surface area (Å²) < 4.78 is 8.93. The Morgan fingerprint density at radius 1 is 0.567 bits per heavy atom. The second-order valence-electron chi connectivity index (χ2n) is 18.9. The summed E-state index contributed by atoms with van der Waals surface area (Å²) >= 11 is 0. The molecule has 6 heteroatoms. The number of nitrogens with zero attached hydrogens (tertiary/aromatic N) is 4. The van der Waals surface area contributed by atoms with E-state index in [9.17, 15) is 0 Å². The first kappa shape index (κ1) is 42.4. The number of rotatable bonds is 7. The van der Waals surface area contributed by atoms with Gasteiger partial charge in [0.25, 0.3) is 0 Å². The normalized spacial score (nSPS) is 13.6. The minimum atomic E-state index is -0.176. The molecule has 0 radical (unpaired) electrons. The van der Waals surface area contributed by atoms with Gasteiger partial charge in [-0.15, -0.1) is 48.1 Å². The SMILES string of the molecule is CC(C)(C)c1ccnc(-n2c3[c-]c(Oc4[c-]c(N5[CH-]N(c6c(-c7ccccc7)ccc7c6-c6ccccc6C7(C)C)c6cc(-c7ccccc7)ccc65)ccc4)ccc3c3ccccc32)c1.[Pt]. The smallest absolute Gasteiger partial charge is 0.135 e. The fourth-order valence-electron chi connectivity index (χ4n) is 10.2. The Hall–Kier alpha value is -7.20. The van der Waals surface area contributed by atoms with Crippen LogP contribution in [-0.4, -0.2) is 9.55 Å². The zero-order valence-electron chi connectivity index (χ0n) is 38.0. The van der Waals surface area contributed by atoms with Crippen molar-refractivity contribution in [1.29, 1.82) is 0 Å². The molecule has 0 unspecified atom stereocenters. The third-order valence-corrected chi connectivity index (χ3v) is 13.5. The molecule has 5 nitrogen and oxygen atoms in total. The predicted octanol–water partition coefficient (Wildman–Crippen LogP) is 15.9. The third kappa shape index (κ3) is 7.07. The van der Waals surface area contributed by atoms with Crippen molar-refractivity contribution in [2.45, 2.75) is 45.4 Å². The van der Waals surface area contributed by atoms with Crippen LogP contribution in [0.5, 0.6) is 11.5 Å². The number of hydrogen-bond acceptors (Lipinski definition) is 4. The van der Waals surface area contributed by atoms with Crippen LogP contribution in [0.25, 0.3) is 61.0 Å². The number of anilines is 4. The summed E-state index contributed by atoms with van der Waals surface area (Å²) in [6.45, 7) is 13.6. The summed E-state index contributed by atoms with van der Waals surface area (Å²) in [5.41, 5.74) is 17.0. The van der Waals surface area contributed by atoms with Crippen molar-refractivity contribution >= 4 is 44.6 Å². The Balaban J connectivity index is 0.00000494. The average Bonchev–Trinajstić information content (AvgIpc) is 3.97. The van der Waals surface area contributed by atoms with Gasteiger partial charge in [0.05, 0.1) is 0 Å². The predicted molar refractivity (Wildman–Crippen MR) is 271 cm³/mol. The standard InChI is InChI=1S/C61H47N4O.Pt/c1-60(2,3)43-33-34-62-57(36-43)65-53-26-15-13-23-48(53)49-29-28-46(38-55(49)65)66-45-22-16-21-44(37-45)63-39-64(56-35-42(27-32-54(56)63)40-17-8-6-9-18-40)59-47(41-19-10-7-11-20-41)30-31-52-58(59)50-24-12-14-25-51(50)61(52,4)5;/h6-36,39H,1-5H3;/q-3;. The maximum Gasteiger partial charge on any atom is 0.135 e. The molecular weight excluding hydrogens is 1000 g/mol. The van der Waals surface area contributed by atoms with E-state index in [4.69, 9.17) is 9.72 Å². The Bertz CT molecular complexity index is 3510. The fraction of sp³-hybridized carbons (Fsp3) is 0.115. The van der Waals surface area contributed by atoms with Crippen LogP contribution in [0.2, 0.25) is 0 Å². The minimum Gasteiger partial charge on any atom is -0.509 e. The Morgan fingerprint density at radius 2 is 1.30 bits per heavy atom. The van der Waals surface area contributed by atoms with Gasteiger partial charge in [-0.25, -0.2) is 4.98 Å². The number of hydrogen-bond donors (Lipinski definition) is 0. The Morgan fingerprint density at radius 3 is 2.10 bits per heavy atom. The van der Waals surface area contributed by atoms with Crippen LogP contribution in [0, 0.1) is 18.8 Å². The molecule has 2 aromatic heterocycles. The van der Waals surface area contributed by atoms with Crippen LogP contribution in [0.1, 0.15) is 51.3 Å². The van der Waals surface area contributed by atoms with Gasteiger partial charge in [0, 0.05) is 77.9 Å². The summed E-state index contributed by atoms with van der Waals surface area (Å²) in [7, 11) is 0. The van der Waals surface area contributed by atoms with Gasteiger partial charge in [0.2, 0.25) is 0 Å². The van der Waals surface area contributed by atoms with Crippen LogP contribution in [0.3, 0.4) is 0 Å². The summed E-state index contributed by atoms with van der Waals surface area (Å²) in [6, 6.07) is 72.1. The number of fused-ring (bicyclic) bond motifs is 7. The number of benzene rings is 8. The fourth-order valence-corrected chi connectivity index (χ4v) is 10.2. The van der Waals surface area contributed by atoms with Crippen molar-refractivity contribution in [2.24, 2.45) is 0 Å². The number of pyridine rings is 1. The quantitative estimate of drug-likeness (QED) is 0.149. The molecule has 2 aliphatic rings. The van der Waals surface area contributed by atoms with E-state index in [0.29, 0.717) is 11.5 Å². The van der Waals surface area contributed by atoms with E-state index >= 15 is 0 Å². The van der Waals surface area contributed by atoms with Gasteiger partial charge in [-0.05, 0) is 80.1 Å². The van der Waals surface area contributed by atoms with Gasteiger partial charge < -0.3 is 19.1 Å². The maximum absolute atomic E-state index is 6.73. The number of ether oxygens (including phenoxy) is 1. The molecule has 0 atom stereocenters. The number of para-hydroxylation sites is 1. The molecular formula is C61H47N4OPt-3. The van der Waals surface area contributed by atoms with Crippen molar-refractivity contribution in [3.8, 4) is 50.7 Å². The molecule has 0 saturated carbocycles. The van der Waals surface area contributed by atoms with Crippen LogP contribution in [0.15, 0.2) is 188 Å². The van der Waals surface area contributed by atoms with Crippen molar-refractivity contribution in [1.82, 2.24) is 9.55 Å². The molecule has 0 fully saturated rings. The first-order valence-corrected chi connectivity index (χ1v) is 22.7. The van der Waals surface area contributed by atoms with Gasteiger partial charge in [-0.3, -0.25) is 0 Å². The van der Waals surface area contributed by atoms with E-state index in [-0.39, 0.29) is 31.9 Å². The molecule has 330 valence electrons. The first-order chi connectivity index (χ1) is 32.1. The molecule has 67 heavy (non-hydrogen) atoms. The van der Waals surface area contributed by atoms with Crippen LogP contribution >= 0.6 is 0 Å². The van der Waals surface area contributed by atoms with E-state index in [1.165, 1.54) is 38.9 Å². The van der Waals surface area contributed by atoms with E-state index in [2.05, 4.69) is 232 Å². The zero-order valence-corrected chi connectivity index (χ0v) is 40.3. The van der Waals surface area contributed by atoms with E-state index < -0.39 is 0 Å². The van der Waals surface area contributed by atoms with Crippen molar-refractivity contribution in [3.63, 3.8) is 0 Å². The van der Waals surface area contributed by atoms with Crippen molar-refractivity contribution in [2.75, 3.05) is 9.80 Å². The molecule has 1 aliphatic carbocycles. The minimum absolute atomic E-state index is 0. The van der Waals surface area contributed by atoms with Gasteiger partial charge in [-0.2, -0.15) is 12.1 Å². The average molecular weight is 1050 g/mol. The molecule has 10 aromatic rings. The van der Waals surface area contributed by atoms with E-state index in [1.54, 1.807) is 0 Å². The summed E-state index contributed by atoms with van der Waals surface area (Å²) in [5, 5.41) is 2.23.